The molecule has 0 radical (unpaired) electrons. The van der Waals surface area contributed by atoms with Crippen molar-refractivity contribution in [1.29, 1.82) is 0 Å². The summed E-state index contributed by atoms with van der Waals surface area (Å²) in [5.74, 6) is -0.0372. The Balaban J connectivity index is 1.81. The summed E-state index contributed by atoms with van der Waals surface area (Å²) >= 11 is 0. The third kappa shape index (κ3) is 3.92. The third-order valence-corrected chi connectivity index (χ3v) is 5.07. The van der Waals surface area contributed by atoms with Crippen molar-refractivity contribution in [2.24, 2.45) is 0 Å². The van der Waals surface area contributed by atoms with Gasteiger partial charge in [-0.3, -0.25) is 9.59 Å². The second-order valence-corrected chi connectivity index (χ2v) is 7.31. The van der Waals surface area contributed by atoms with E-state index in [4.69, 9.17) is 0 Å². The van der Waals surface area contributed by atoms with Crippen molar-refractivity contribution in [2.45, 2.75) is 25.3 Å². The van der Waals surface area contributed by atoms with Gasteiger partial charge in [0.15, 0.2) is 0 Å². The van der Waals surface area contributed by atoms with E-state index in [9.17, 15) is 18.0 Å². The molecule has 2 rings (SSSR count). The molecule has 1 saturated carbocycles. The van der Waals surface area contributed by atoms with E-state index in [-0.39, 0.29) is 24.9 Å². The average molecular weight is 303 g/mol. The molecule has 8 heteroatoms. The van der Waals surface area contributed by atoms with Crippen molar-refractivity contribution >= 4 is 22.3 Å². The summed E-state index contributed by atoms with van der Waals surface area (Å²) < 4.78 is 24.7. The van der Waals surface area contributed by atoms with Crippen LogP contribution in [-0.2, 0) is 19.6 Å². The van der Waals surface area contributed by atoms with Crippen LogP contribution in [0.4, 0.5) is 0 Å². The largest absolute Gasteiger partial charge is 0.342 e. The normalized spacial score (nSPS) is 20.3. The quantitative estimate of drug-likeness (QED) is 0.596. The maximum atomic E-state index is 12.1. The highest BCUT2D eigenvalue weighted by Gasteiger charge is 2.35. The molecule has 0 spiro atoms. The zero-order chi connectivity index (χ0) is 14.8. The molecular formula is C12H21N3O4S. The Morgan fingerprint density at radius 2 is 1.85 bits per heavy atom. The van der Waals surface area contributed by atoms with Crippen LogP contribution >= 0.6 is 0 Å². The molecule has 2 fully saturated rings. The van der Waals surface area contributed by atoms with Gasteiger partial charge in [-0.05, 0) is 12.8 Å². The Morgan fingerprint density at radius 3 is 2.30 bits per heavy atom. The van der Waals surface area contributed by atoms with Gasteiger partial charge in [-0.1, -0.05) is 0 Å². The van der Waals surface area contributed by atoms with Gasteiger partial charge < -0.3 is 9.80 Å². The number of amides is 2. The number of rotatable bonds is 6. The van der Waals surface area contributed by atoms with Gasteiger partial charge in [0, 0.05) is 45.2 Å². The molecule has 2 amide bonds. The van der Waals surface area contributed by atoms with Crippen molar-refractivity contribution in [2.75, 3.05) is 39.0 Å². The van der Waals surface area contributed by atoms with Crippen molar-refractivity contribution in [3.63, 3.8) is 0 Å². The highest BCUT2D eigenvalue weighted by atomic mass is 32.2. The van der Waals surface area contributed by atoms with Crippen molar-refractivity contribution < 1.29 is 18.0 Å². The number of carbonyl (C=O) groups excluding carboxylic acids is 2. The van der Waals surface area contributed by atoms with Crippen LogP contribution < -0.4 is 0 Å². The van der Waals surface area contributed by atoms with E-state index in [0.29, 0.717) is 26.2 Å². The molecule has 2 aliphatic rings. The van der Waals surface area contributed by atoms with E-state index in [1.165, 1.54) is 10.6 Å². The second kappa shape index (κ2) is 6.09. The molecule has 0 N–H and O–H groups in total. The van der Waals surface area contributed by atoms with Crippen LogP contribution in [0.25, 0.3) is 0 Å². The molecule has 0 bridgehead atoms. The van der Waals surface area contributed by atoms with E-state index >= 15 is 0 Å². The lowest BCUT2D eigenvalue weighted by Gasteiger charge is -2.33. The maximum absolute atomic E-state index is 12.1. The zero-order valence-electron chi connectivity index (χ0n) is 11.7. The van der Waals surface area contributed by atoms with E-state index in [1.54, 1.807) is 9.80 Å². The zero-order valence-corrected chi connectivity index (χ0v) is 12.5. The second-order valence-electron chi connectivity index (χ2n) is 5.38. The van der Waals surface area contributed by atoms with Gasteiger partial charge in [0.1, 0.15) is 0 Å². The fourth-order valence-electron chi connectivity index (χ4n) is 2.42. The van der Waals surface area contributed by atoms with Gasteiger partial charge in [-0.25, -0.2) is 8.42 Å². The van der Waals surface area contributed by atoms with Crippen molar-refractivity contribution in [1.82, 2.24) is 14.1 Å². The lowest BCUT2D eigenvalue weighted by Crippen LogP contribution is -2.48. The summed E-state index contributed by atoms with van der Waals surface area (Å²) in [6, 6.07) is 0.0877. The molecule has 114 valence electrons. The standard InChI is InChI=1S/C12H21N3O4S/c1-20(18,19)15(11-2-3-11)5-4-12(17)14-8-6-13(10-16)7-9-14/h10-11H,2-9H2,1H3. The first kappa shape index (κ1) is 15.2. The molecular weight excluding hydrogens is 282 g/mol. The first-order valence-electron chi connectivity index (χ1n) is 6.86. The minimum Gasteiger partial charge on any atom is -0.342 e. The number of hydrogen-bond donors (Lipinski definition) is 0. The molecule has 1 saturated heterocycles. The highest BCUT2D eigenvalue weighted by Crippen LogP contribution is 2.28. The fraction of sp³-hybridized carbons (Fsp3) is 0.833. The van der Waals surface area contributed by atoms with Gasteiger partial charge in [0.05, 0.1) is 6.26 Å². The third-order valence-electron chi connectivity index (χ3n) is 3.74. The predicted octanol–water partition coefficient (Wildman–Crippen LogP) is -0.899. The molecule has 0 aromatic rings. The van der Waals surface area contributed by atoms with E-state index in [2.05, 4.69) is 0 Å². The van der Waals surface area contributed by atoms with Crippen LogP contribution in [0.5, 0.6) is 0 Å². The monoisotopic (exact) mass is 303 g/mol. The average Bonchev–Trinajstić information content (AvgIpc) is 3.22. The summed E-state index contributed by atoms with van der Waals surface area (Å²) in [4.78, 5) is 26.0. The van der Waals surface area contributed by atoms with Crippen LogP contribution in [0.3, 0.4) is 0 Å². The van der Waals surface area contributed by atoms with Crippen LogP contribution in [0.15, 0.2) is 0 Å². The Bertz CT molecular complexity index is 467. The van der Waals surface area contributed by atoms with Crippen molar-refractivity contribution in [3.8, 4) is 0 Å². The Kier molecular flexibility index (Phi) is 4.64. The van der Waals surface area contributed by atoms with Crippen molar-refractivity contribution in [3.05, 3.63) is 0 Å². The lowest BCUT2D eigenvalue weighted by molar-refractivity contribution is -0.135. The summed E-state index contributed by atoms with van der Waals surface area (Å²) in [5.41, 5.74) is 0. The molecule has 1 aliphatic carbocycles. The van der Waals surface area contributed by atoms with Gasteiger partial charge in [-0.15, -0.1) is 0 Å². The van der Waals surface area contributed by atoms with Crippen LogP contribution in [-0.4, -0.2) is 79.9 Å². The maximum Gasteiger partial charge on any atom is 0.224 e. The molecule has 1 aliphatic heterocycles. The number of hydrogen-bond acceptors (Lipinski definition) is 4. The van der Waals surface area contributed by atoms with Gasteiger partial charge in [0.25, 0.3) is 0 Å². The molecule has 0 atom stereocenters. The van der Waals surface area contributed by atoms with Gasteiger partial charge in [0.2, 0.25) is 22.3 Å². The molecule has 0 aromatic carbocycles. The molecule has 7 nitrogen and oxygen atoms in total. The van der Waals surface area contributed by atoms with Crippen LogP contribution in [0.1, 0.15) is 19.3 Å². The molecule has 1 heterocycles. The Hall–Kier alpha value is -1.15. The summed E-state index contributed by atoms with van der Waals surface area (Å²) in [5, 5.41) is 0. The number of sulfonamides is 1. The summed E-state index contributed by atoms with van der Waals surface area (Å²) in [6.07, 6.45) is 3.97. The predicted molar refractivity (Wildman–Crippen MR) is 73.4 cm³/mol. The number of piperazine rings is 1. The number of carbonyl (C=O) groups is 2. The smallest absolute Gasteiger partial charge is 0.224 e. The molecule has 0 aromatic heterocycles. The minimum absolute atomic E-state index is 0.0372. The molecule has 0 unspecified atom stereocenters. The first-order valence-corrected chi connectivity index (χ1v) is 8.70. The first-order chi connectivity index (χ1) is 9.41. The van der Waals surface area contributed by atoms with E-state index < -0.39 is 10.0 Å². The number of nitrogens with zero attached hydrogens (tertiary/aromatic N) is 3. The van der Waals surface area contributed by atoms with Gasteiger partial charge in [-0.2, -0.15) is 4.31 Å². The minimum atomic E-state index is -3.23. The van der Waals surface area contributed by atoms with E-state index in [1.807, 2.05) is 0 Å². The Morgan fingerprint density at radius 1 is 1.25 bits per heavy atom. The van der Waals surface area contributed by atoms with E-state index in [0.717, 1.165) is 19.3 Å². The highest BCUT2D eigenvalue weighted by molar-refractivity contribution is 7.88. The summed E-state index contributed by atoms with van der Waals surface area (Å²) in [7, 11) is -3.23. The molecule has 20 heavy (non-hydrogen) atoms. The SMILES string of the molecule is CS(=O)(=O)N(CCC(=O)N1CCN(C=O)CC1)C1CC1. The van der Waals surface area contributed by atoms with Gasteiger partial charge >= 0.3 is 0 Å². The fourth-order valence-corrected chi connectivity index (χ4v) is 3.60. The summed E-state index contributed by atoms with van der Waals surface area (Å²) in [6.45, 7) is 2.41. The van der Waals surface area contributed by atoms with Crippen LogP contribution in [0, 0.1) is 0 Å². The Labute approximate surface area is 119 Å². The topological polar surface area (TPSA) is 78.0 Å². The lowest BCUT2D eigenvalue weighted by atomic mass is 10.3. The van der Waals surface area contributed by atoms with Crippen LogP contribution in [0.2, 0.25) is 0 Å².